The minimum atomic E-state index is -3.66. The Morgan fingerprint density at radius 2 is 2.04 bits per heavy atom. The quantitative estimate of drug-likeness (QED) is 0.886. The van der Waals surface area contributed by atoms with E-state index in [1.807, 2.05) is 11.4 Å². The van der Waals surface area contributed by atoms with Crippen molar-refractivity contribution in [3.63, 3.8) is 0 Å². The summed E-state index contributed by atoms with van der Waals surface area (Å²) in [5.41, 5.74) is 5.72. The first-order valence-corrected chi connectivity index (χ1v) is 9.82. The van der Waals surface area contributed by atoms with Crippen LogP contribution in [0.1, 0.15) is 4.88 Å². The molecule has 1 saturated heterocycles. The van der Waals surface area contributed by atoms with Gasteiger partial charge in [-0.3, -0.25) is 4.90 Å². The lowest BCUT2D eigenvalue weighted by Crippen LogP contribution is -2.48. The summed E-state index contributed by atoms with van der Waals surface area (Å²) >= 11 is 7.57. The second kappa shape index (κ2) is 6.74. The summed E-state index contributed by atoms with van der Waals surface area (Å²) in [5.74, 6) is -0.0181. The van der Waals surface area contributed by atoms with Gasteiger partial charge < -0.3 is 5.73 Å². The Morgan fingerprint density at radius 1 is 1.30 bits per heavy atom. The number of nitrogens with zero attached hydrogens (tertiary/aromatic N) is 3. The zero-order valence-electron chi connectivity index (χ0n) is 12.4. The van der Waals surface area contributed by atoms with E-state index in [1.165, 1.54) is 21.4 Å². The fourth-order valence-corrected chi connectivity index (χ4v) is 5.01. The first-order valence-electron chi connectivity index (χ1n) is 7.13. The molecule has 2 aromatic rings. The largest absolute Gasteiger partial charge is 0.383 e. The number of sulfonamides is 1. The van der Waals surface area contributed by atoms with Crippen molar-refractivity contribution in [1.82, 2.24) is 14.2 Å². The fourth-order valence-electron chi connectivity index (χ4n) is 2.53. The molecular weight excluding hydrogens is 356 g/mol. The minimum absolute atomic E-state index is 0.0169. The maximum atomic E-state index is 12.7. The number of pyridine rings is 1. The van der Waals surface area contributed by atoms with Crippen LogP contribution in [0.15, 0.2) is 34.7 Å². The Balaban J connectivity index is 1.70. The number of hydrogen-bond donors (Lipinski definition) is 1. The van der Waals surface area contributed by atoms with Crippen LogP contribution in [0, 0.1) is 0 Å². The number of nitrogen functional groups attached to an aromatic ring is 1. The lowest BCUT2D eigenvalue weighted by molar-refractivity contribution is 0.183. The number of thiophene rings is 1. The molecule has 1 aliphatic heterocycles. The molecule has 124 valence electrons. The number of hydrogen-bond acceptors (Lipinski definition) is 6. The van der Waals surface area contributed by atoms with E-state index in [1.54, 1.807) is 11.3 Å². The summed E-state index contributed by atoms with van der Waals surface area (Å²) in [6.07, 6.45) is 1.34. The highest BCUT2D eigenvalue weighted by Gasteiger charge is 2.30. The Labute approximate surface area is 144 Å². The van der Waals surface area contributed by atoms with Crippen LogP contribution in [-0.2, 0) is 16.6 Å². The van der Waals surface area contributed by atoms with E-state index in [0.29, 0.717) is 26.2 Å². The standard InChI is InChI=1S/C14H17ClN4O2S2/c15-11-8-13(14(16)17-9-11)23(20,21)19-5-3-18(4-6-19)10-12-2-1-7-22-12/h1-2,7-9H,3-6,10H2,(H2,16,17). The number of halogens is 1. The third-order valence-electron chi connectivity index (χ3n) is 3.76. The second-order valence-electron chi connectivity index (χ2n) is 5.30. The molecule has 3 heterocycles. The van der Waals surface area contributed by atoms with Crippen LogP contribution in [0.4, 0.5) is 5.82 Å². The fraction of sp³-hybridized carbons (Fsp3) is 0.357. The molecule has 0 bridgehead atoms. The van der Waals surface area contributed by atoms with Crippen LogP contribution in [0.2, 0.25) is 5.02 Å². The summed E-state index contributed by atoms with van der Waals surface area (Å²) < 4.78 is 26.9. The molecule has 1 aliphatic rings. The van der Waals surface area contributed by atoms with E-state index >= 15 is 0 Å². The van der Waals surface area contributed by atoms with Crippen LogP contribution < -0.4 is 5.73 Å². The lowest BCUT2D eigenvalue weighted by atomic mass is 10.3. The van der Waals surface area contributed by atoms with Gasteiger partial charge in [0.2, 0.25) is 10.0 Å². The van der Waals surface area contributed by atoms with E-state index in [0.717, 1.165) is 6.54 Å². The normalized spacial score (nSPS) is 17.4. The van der Waals surface area contributed by atoms with Gasteiger partial charge in [-0.2, -0.15) is 4.31 Å². The molecule has 2 N–H and O–H groups in total. The average Bonchev–Trinajstić information content (AvgIpc) is 3.03. The van der Waals surface area contributed by atoms with Crippen molar-refractivity contribution in [2.75, 3.05) is 31.9 Å². The second-order valence-corrected chi connectivity index (χ2v) is 8.67. The molecule has 1 fully saturated rings. The van der Waals surface area contributed by atoms with E-state index in [4.69, 9.17) is 17.3 Å². The van der Waals surface area contributed by atoms with Crippen molar-refractivity contribution >= 4 is 38.8 Å². The third kappa shape index (κ3) is 3.67. The van der Waals surface area contributed by atoms with E-state index in [9.17, 15) is 8.42 Å². The first kappa shape index (κ1) is 16.7. The highest BCUT2D eigenvalue weighted by molar-refractivity contribution is 7.89. The van der Waals surface area contributed by atoms with Crippen molar-refractivity contribution in [1.29, 1.82) is 0 Å². The molecule has 0 aromatic carbocycles. The predicted molar refractivity (Wildman–Crippen MR) is 92.0 cm³/mol. The van der Waals surface area contributed by atoms with Crippen LogP contribution in [0.3, 0.4) is 0 Å². The van der Waals surface area contributed by atoms with Gasteiger partial charge in [0.25, 0.3) is 0 Å². The number of piperazine rings is 1. The van der Waals surface area contributed by atoms with Gasteiger partial charge in [0.05, 0.1) is 5.02 Å². The molecule has 0 spiro atoms. The Morgan fingerprint density at radius 3 is 2.70 bits per heavy atom. The monoisotopic (exact) mass is 372 g/mol. The first-order chi connectivity index (χ1) is 11.0. The molecule has 0 atom stereocenters. The molecule has 0 radical (unpaired) electrons. The average molecular weight is 373 g/mol. The molecule has 0 saturated carbocycles. The summed E-state index contributed by atoms with van der Waals surface area (Å²) in [6.45, 7) is 3.09. The van der Waals surface area contributed by atoms with Gasteiger partial charge in [0, 0.05) is 43.8 Å². The van der Waals surface area contributed by atoms with Crippen molar-refractivity contribution in [2.45, 2.75) is 11.4 Å². The molecular formula is C14H17ClN4O2S2. The molecule has 3 rings (SSSR count). The molecule has 6 nitrogen and oxygen atoms in total. The lowest BCUT2D eigenvalue weighted by Gasteiger charge is -2.33. The van der Waals surface area contributed by atoms with Crippen molar-refractivity contribution in [2.24, 2.45) is 0 Å². The number of aromatic nitrogens is 1. The van der Waals surface area contributed by atoms with Gasteiger partial charge in [-0.05, 0) is 17.5 Å². The Bertz CT molecular complexity index is 772. The Kier molecular flexibility index (Phi) is 4.88. The van der Waals surface area contributed by atoms with Gasteiger partial charge in [-0.25, -0.2) is 13.4 Å². The van der Waals surface area contributed by atoms with Crippen molar-refractivity contribution < 1.29 is 8.42 Å². The minimum Gasteiger partial charge on any atom is -0.383 e. The molecule has 23 heavy (non-hydrogen) atoms. The van der Waals surface area contributed by atoms with Crippen LogP contribution in [-0.4, -0.2) is 48.8 Å². The zero-order valence-corrected chi connectivity index (χ0v) is 14.7. The maximum absolute atomic E-state index is 12.7. The topological polar surface area (TPSA) is 79.5 Å². The van der Waals surface area contributed by atoms with Gasteiger partial charge in [-0.1, -0.05) is 17.7 Å². The van der Waals surface area contributed by atoms with E-state index < -0.39 is 10.0 Å². The third-order valence-corrected chi connectivity index (χ3v) is 6.75. The highest BCUT2D eigenvalue weighted by Crippen LogP contribution is 2.25. The summed E-state index contributed by atoms with van der Waals surface area (Å²) in [4.78, 5) is 7.35. The zero-order chi connectivity index (χ0) is 16.4. The Hall–Kier alpha value is -1.19. The molecule has 0 unspecified atom stereocenters. The van der Waals surface area contributed by atoms with Gasteiger partial charge in [0.15, 0.2) is 0 Å². The van der Waals surface area contributed by atoms with E-state index in [2.05, 4.69) is 16.0 Å². The summed E-state index contributed by atoms with van der Waals surface area (Å²) in [7, 11) is -3.66. The SMILES string of the molecule is Nc1ncc(Cl)cc1S(=O)(=O)N1CCN(Cc2cccs2)CC1. The van der Waals surface area contributed by atoms with Crippen molar-refractivity contribution in [3.8, 4) is 0 Å². The molecule has 9 heteroatoms. The van der Waals surface area contributed by atoms with Gasteiger partial charge in [-0.15, -0.1) is 11.3 Å². The highest BCUT2D eigenvalue weighted by atomic mass is 35.5. The summed E-state index contributed by atoms with van der Waals surface area (Å²) in [5, 5.41) is 2.31. The van der Waals surface area contributed by atoms with Gasteiger partial charge >= 0.3 is 0 Å². The molecule has 0 aliphatic carbocycles. The van der Waals surface area contributed by atoms with Crippen LogP contribution >= 0.6 is 22.9 Å². The molecule has 0 amide bonds. The van der Waals surface area contributed by atoms with Crippen LogP contribution in [0.5, 0.6) is 0 Å². The van der Waals surface area contributed by atoms with Crippen molar-refractivity contribution in [3.05, 3.63) is 39.7 Å². The predicted octanol–water partition coefficient (Wildman–Crippen LogP) is 1.89. The summed E-state index contributed by atoms with van der Waals surface area (Å²) in [6, 6.07) is 5.47. The number of anilines is 1. The van der Waals surface area contributed by atoms with Gasteiger partial charge in [0.1, 0.15) is 10.7 Å². The number of nitrogens with two attached hydrogens (primary N) is 1. The molecule has 2 aromatic heterocycles. The maximum Gasteiger partial charge on any atom is 0.246 e. The smallest absolute Gasteiger partial charge is 0.246 e. The van der Waals surface area contributed by atoms with E-state index in [-0.39, 0.29) is 15.7 Å². The number of rotatable bonds is 4. The van der Waals surface area contributed by atoms with Crippen LogP contribution in [0.25, 0.3) is 0 Å².